The minimum absolute atomic E-state index is 0.475. The number of aliphatic hydroxyl groups excluding tert-OH is 1. The Morgan fingerprint density at radius 1 is 1.39 bits per heavy atom. The maximum absolute atomic E-state index is 10.4. The van der Waals surface area contributed by atoms with E-state index in [-0.39, 0.29) is 0 Å². The lowest BCUT2D eigenvalue weighted by Crippen LogP contribution is -2.09. The van der Waals surface area contributed by atoms with Crippen molar-refractivity contribution in [1.82, 2.24) is 9.78 Å². The largest absolute Gasteiger partial charge is 0.382 e. The number of benzene rings is 1. The van der Waals surface area contributed by atoms with E-state index in [0.29, 0.717) is 17.3 Å². The quantitative estimate of drug-likeness (QED) is 0.849. The molecule has 96 valence electrons. The fraction of sp³-hybridized carbons (Fsp3) is 0.250. The van der Waals surface area contributed by atoms with Gasteiger partial charge in [0.2, 0.25) is 0 Å². The summed E-state index contributed by atoms with van der Waals surface area (Å²) in [7, 11) is 0. The molecule has 0 aliphatic carbocycles. The number of aliphatic hydroxyl groups is 1. The first-order valence-electron chi connectivity index (χ1n) is 5.38. The zero-order valence-electron chi connectivity index (χ0n) is 9.57. The Hall–Kier alpha value is -0.360. The highest BCUT2D eigenvalue weighted by Gasteiger charge is 2.19. The van der Waals surface area contributed by atoms with Crippen LogP contribution in [0.2, 0.25) is 5.02 Å². The Bertz CT molecular complexity index is 571. The molecule has 1 unspecified atom stereocenters. The van der Waals surface area contributed by atoms with Gasteiger partial charge in [-0.05, 0) is 56.5 Å². The molecule has 1 N–H and O–H groups in total. The minimum atomic E-state index is -0.788. The maximum Gasteiger partial charge on any atom is 0.122 e. The monoisotopic (exact) mass is 392 g/mol. The van der Waals surface area contributed by atoms with Gasteiger partial charge in [-0.2, -0.15) is 5.10 Å². The fourth-order valence-corrected chi connectivity index (χ4v) is 2.62. The van der Waals surface area contributed by atoms with E-state index in [1.165, 1.54) is 0 Å². The van der Waals surface area contributed by atoms with Crippen molar-refractivity contribution in [2.45, 2.75) is 19.6 Å². The molecule has 1 aromatic heterocycles. The van der Waals surface area contributed by atoms with Gasteiger partial charge in [-0.3, -0.25) is 4.68 Å². The lowest BCUT2D eigenvalue weighted by Gasteiger charge is -2.14. The van der Waals surface area contributed by atoms with Crippen LogP contribution < -0.4 is 0 Å². The first kappa shape index (κ1) is 14.1. The van der Waals surface area contributed by atoms with Crippen molar-refractivity contribution in [2.24, 2.45) is 0 Å². The second-order valence-corrected chi connectivity index (χ2v) is 5.89. The summed E-state index contributed by atoms with van der Waals surface area (Å²) < 4.78 is 3.52. The predicted octanol–water partition coefficient (Wildman–Crippen LogP) is 4.16. The standard InChI is InChI=1S/C12H11Br2ClN2O/c1-2-17-11(10(15)6-16-17)12(18)7-3-4-8(13)9(14)5-7/h3-6,12,18H,2H2,1H3. The third-order valence-corrected chi connectivity index (χ3v) is 4.82. The van der Waals surface area contributed by atoms with Crippen molar-refractivity contribution in [2.75, 3.05) is 0 Å². The van der Waals surface area contributed by atoms with Gasteiger partial charge in [0.05, 0.1) is 16.9 Å². The van der Waals surface area contributed by atoms with Gasteiger partial charge in [0.25, 0.3) is 0 Å². The lowest BCUT2D eigenvalue weighted by atomic mass is 10.1. The topological polar surface area (TPSA) is 38.0 Å². The average molecular weight is 394 g/mol. The van der Waals surface area contributed by atoms with Crippen LogP contribution in [0.3, 0.4) is 0 Å². The van der Waals surface area contributed by atoms with E-state index in [2.05, 4.69) is 37.0 Å². The molecule has 6 heteroatoms. The molecule has 0 amide bonds. The molecule has 0 aliphatic heterocycles. The van der Waals surface area contributed by atoms with Crippen LogP contribution in [-0.4, -0.2) is 14.9 Å². The number of aromatic nitrogens is 2. The van der Waals surface area contributed by atoms with Crippen molar-refractivity contribution < 1.29 is 5.11 Å². The number of hydrogen-bond donors (Lipinski definition) is 1. The Morgan fingerprint density at radius 3 is 2.72 bits per heavy atom. The van der Waals surface area contributed by atoms with Crippen molar-refractivity contribution in [1.29, 1.82) is 0 Å². The Labute approximate surface area is 127 Å². The highest BCUT2D eigenvalue weighted by Crippen LogP contribution is 2.32. The summed E-state index contributed by atoms with van der Waals surface area (Å²) in [5, 5.41) is 15.0. The van der Waals surface area contributed by atoms with E-state index in [9.17, 15) is 5.11 Å². The van der Waals surface area contributed by atoms with Crippen LogP contribution in [-0.2, 0) is 6.54 Å². The summed E-state index contributed by atoms with van der Waals surface area (Å²) in [4.78, 5) is 0. The molecule has 1 heterocycles. The van der Waals surface area contributed by atoms with E-state index in [0.717, 1.165) is 14.5 Å². The van der Waals surface area contributed by atoms with Crippen molar-refractivity contribution in [3.8, 4) is 0 Å². The molecule has 2 aromatic rings. The van der Waals surface area contributed by atoms with Gasteiger partial charge in [-0.25, -0.2) is 0 Å². The summed E-state index contributed by atoms with van der Waals surface area (Å²) in [6, 6.07) is 5.59. The summed E-state index contributed by atoms with van der Waals surface area (Å²) in [5.41, 5.74) is 1.38. The van der Waals surface area contributed by atoms with Gasteiger partial charge >= 0.3 is 0 Å². The molecule has 18 heavy (non-hydrogen) atoms. The summed E-state index contributed by atoms with van der Waals surface area (Å²) >= 11 is 12.9. The summed E-state index contributed by atoms with van der Waals surface area (Å²) in [6.07, 6.45) is 0.765. The molecule has 0 spiro atoms. The van der Waals surface area contributed by atoms with Gasteiger partial charge < -0.3 is 5.11 Å². The average Bonchev–Trinajstić information content (AvgIpc) is 2.73. The molecule has 0 fully saturated rings. The van der Waals surface area contributed by atoms with Crippen molar-refractivity contribution >= 4 is 43.5 Å². The molecule has 2 rings (SSSR count). The molecular weight excluding hydrogens is 383 g/mol. The SMILES string of the molecule is CCn1ncc(Cl)c1C(O)c1ccc(Br)c(Br)c1. The molecular formula is C12H11Br2ClN2O. The van der Waals surface area contributed by atoms with Crippen LogP contribution in [0.25, 0.3) is 0 Å². The van der Waals surface area contributed by atoms with E-state index >= 15 is 0 Å². The van der Waals surface area contributed by atoms with E-state index in [4.69, 9.17) is 11.6 Å². The maximum atomic E-state index is 10.4. The van der Waals surface area contributed by atoms with E-state index in [1.54, 1.807) is 10.9 Å². The molecule has 0 bridgehead atoms. The Morgan fingerprint density at radius 2 is 2.11 bits per heavy atom. The first-order valence-corrected chi connectivity index (χ1v) is 7.35. The predicted molar refractivity (Wildman–Crippen MR) is 78.8 cm³/mol. The highest BCUT2D eigenvalue weighted by molar-refractivity contribution is 9.13. The van der Waals surface area contributed by atoms with Crippen LogP contribution in [0.1, 0.15) is 24.3 Å². The zero-order valence-corrected chi connectivity index (χ0v) is 13.5. The normalized spacial score (nSPS) is 12.7. The van der Waals surface area contributed by atoms with Crippen LogP contribution in [0.15, 0.2) is 33.3 Å². The number of nitrogens with zero attached hydrogens (tertiary/aromatic N) is 2. The van der Waals surface area contributed by atoms with E-state index in [1.807, 2.05) is 25.1 Å². The third-order valence-electron chi connectivity index (χ3n) is 2.65. The molecule has 1 aromatic carbocycles. The van der Waals surface area contributed by atoms with Gasteiger partial charge in [0.1, 0.15) is 6.10 Å². The Kier molecular flexibility index (Phi) is 4.48. The van der Waals surface area contributed by atoms with Crippen molar-refractivity contribution in [3.05, 3.63) is 49.6 Å². The van der Waals surface area contributed by atoms with Crippen LogP contribution in [0.4, 0.5) is 0 Å². The number of hydrogen-bond acceptors (Lipinski definition) is 2. The molecule has 0 saturated heterocycles. The van der Waals surface area contributed by atoms with Gasteiger partial charge in [-0.15, -0.1) is 0 Å². The fourth-order valence-electron chi connectivity index (χ4n) is 1.74. The lowest BCUT2D eigenvalue weighted by molar-refractivity contribution is 0.208. The van der Waals surface area contributed by atoms with Crippen molar-refractivity contribution in [3.63, 3.8) is 0 Å². The third kappa shape index (κ3) is 2.64. The number of rotatable bonds is 3. The smallest absolute Gasteiger partial charge is 0.122 e. The molecule has 3 nitrogen and oxygen atoms in total. The first-order chi connectivity index (χ1) is 8.54. The second kappa shape index (κ2) is 5.74. The van der Waals surface area contributed by atoms with E-state index < -0.39 is 6.10 Å². The molecule has 0 aliphatic rings. The summed E-state index contributed by atoms with van der Waals surface area (Å²) in [6.45, 7) is 2.62. The van der Waals surface area contributed by atoms with Crippen LogP contribution in [0, 0.1) is 0 Å². The number of halogens is 3. The van der Waals surface area contributed by atoms with Crippen LogP contribution in [0.5, 0.6) is 0 Å². The van der Waals surface area contributed by atoms with Gasteiger partial charge in [0, 0.05) is 15.5 Å². The minimum Gasteiger partial charge on any atom is -0.382 e. The summed E-state index contributed by atoms with van der Waals surface area (Å²) in [5.74, 6) is 0. The highest BCUT2D eigenvalue weighted by atomic mass is 79.9. The molecule has 0 radical (unpaired) electrons. The Balaban J connectivity index is 2.44. The second-order valence-electron chi connectivity index (χ2n) is 3.77. The molecule has 0 saturated carbocycles. The van der Waals surface area contributed by atoms with Gasteiger partial charge in [0.15, 0.2) is 0 Å². The zero-order chi connectivity index (χ0) is 13.3. The number of aryl methyl sites for hydroxylation is 1. The molecule has 1 atom stereocenters. The van der Waals surface area contributed by atoms with Gasteiger partial charge in [-0.1, -0.05) is 17.7 Å². The van der Waals surface area contributed by atoms with Crippen LogP contribution >= 0.6 is 43.5 Å².